The van der Waals surface area contributed by atoms with E-state index >= 15 is 0 Å². The molecule has 2 rings (SSSR count). The molecule has 1 amide bonds. The van der Waals surface area contributed by atoms with Crippen molar-refractivity contribution in [3.63, 3.8) is 0 Å². The minimum atomic E-state index is -0.352. The van der Waals surface area contributed by atoms with Crippen LogP contribution in [0, 0.1) is 5.82 Å². The Hall–Kier alpha value is -1.23. The van der Waals surface area contributed by atoms with Crippen molar-refractivity contribution in [1.82, 2.24) is 5.32 Å². The number of carbonyl (C=O) groups excluding carboxylic acids is 1. The lowest BCUT2D eigenvalue weighted by atomic mass is 10.1. The second-order valence-electron chi connectivity index (χ2n) is 4.91. The van der Waals surface area contributed by atoms with Crippen LogP contribution in [0.5, 0.6) is 0 Å². The fraction of sp³-hybridized carbons (Fsp3) is 0.235. The summed E-state index contributed by atoms with van der Waals surface area (Å²) in [5.41, 5.74) is 1.42. The van der Waals surface area contributed by atoms with E-state index in [2.05, 4.69) is 5.32 Å². The third-order valence-corrected chi connectivity index (χ3v) is 4.74. The van der Waals surface area contributed by atoms with Gasteiger partial charge in [-0.3, -0.25) is 4.79 Å². The summed E-state index contributed by atoms with van der Waals surface area (Å²) in [6, 6.07) is 11.7. The van der Waals surface area contributed by atoms with Crippen LogP contribution < -0.4 is 5.32 Å². The van der Waals surface area contributed by atoms with E-state index in [4.69, 9.17) is 23.2 Å². The van der Waals surface area contributed by atoms with Crippen LogP contribution in [0.25, 0.3) is 0 Å². The molecule has 1 N–H and O–H groups in total. The quantitative estimate of drug-likeness (QED) is 0.713. The standard InChI is InChI=1S/C17H16Cl2FNOS/c18-14-6-5-13(15(19)10-14)11-23-8-7-21-17(22)9-12-3-1-2-4-16(12)20/h1-6,10H,7-9,11H2,(H,21,22). The van der Waals surface area contributed by atoms with Crippen LogP contribution in [0.1, 0.15) is 11.1 Å². The molecule has 0 saturated carbocycles. The van der Waals surface area contributed by atoms with Crippen molar-refractivity contribution in [1.29, 1.82) is 0 Å². The Kier molecular flexibility index (Phi) is 7.21. The Balaban J connectivity index is 1.67. The largest absolute Gasteiger partial charge is 0.355 e. The summed E-state index contributed by atoms with van der Waals surface area (Å²) in [5.74, 6) is 0.968. The maximum Gasteiger partial charge on any atom is 0.224 e. The first-order valence-electron chi connectivity index (χ1n) is 7.08. The molecule has 23 heavy (non-hydrogen) atoms. The van der Waals surface area contributed by atoms with Crippen LogP contribution in [0.4, 0.5) is 4.39 Å². The number of halogens is 3. The minimum absolute atomic E-state index is 0.0559. The third kappa shape index (κ3) is 6.05. The second kappa shape index (κ2) is 9.16. The van der Waals surface area contributed by atoms with Gasteiger partial charge in [0.25, 0.3) is 0 Å². The zero-order valence-electron chi connectivity index (χ0n) is 12.3. The Morgan fingerprint density at radius 2 is 1.91 bits per heavy atom. The van der Waals surface area contributed by atoms with Gasteiger partial charge < -0.3 is 5.32 Å². The number of hydrogen-bond acceptors (Lipinski definition) is 2. The van der Waals surface area contributed by atoms with Gasteiger partial charge in [0.15, 0.2) is 0 Å². The van der Waals surface area contributed by atoms with E-state index in [1.807, 2.05) is 6.07 Å². The number of amides is 1. The molecule has 2 aromatic carbocycles. The summed E-state index contributed by atoms with van der Waals surface area (Å²) < 4.78 is 13.4. The van der Waals surface area contributed by atoms with E-state index in [-0.39, 0.29) is 18.1 Å². The van der Waals surface area contributed by atoms with Gasteiger partial charge in [0, 0.05) is 28.1 Å². The average molecular weight is 372 g/mol. The third-order valence-electron chi connectivity index (χ3n) is 3.15. The maximum atomic E-state index is 13.4. The Labute approximate surface area is 149 Å². The number of thioether (sulfide) groups is 1. The Bertz CT molecular complexity index is 681. The molecule has 0 heterocycles. The molecule has 0 unspecified atom stereocenters. The Morgan fingerprint density at radius 3 is 2.65 bits per heavy atom. The van der Waals surface area contributed by atoms with Gasteiger partial charge in [0.05, 0.1) is 6.42 Å². The molecule has 0 aromatic heterocycles. The molecule has 122 valence electrons. The summed E-state index contributed by atoms with van der Waals surface area (Å²) in [6.45, 7) is 0.531. The summed E-state index contributed by atoms with van der Waals surface area (Å²) in [4.78, 5) is 11.8. The van der Waals surface area contributed by atoms with Gasteiger partial charge in [-0.25, -0.2) is 4.39 Å². The van der Waals surface area contributed by atoms with E-state index < -0.39 is 0 Å². The van der Waals surface area contributed by atoms with Crippen LogP contribution in [0.15, 0.2) is 42.5 Å². The van der Waals surface area contributed by atoms with Crippen LogP contribution >= 0.6 is 35.0 Å². The van der Waals surface area contributed by atoms with Crippen molar-refractivity contribution in [2.75, 3.05) is 12.3 Å². The molecule has 0 radical (unpaired) electrons. The van der Waals surface area contributed by atoms with Gasteiger partial charge in [0.1, 0.15) is 5.82 Å². The van der Waals surface area contributed by atoms with Crippen molar-refractivity contribution < 1.29 is 9.18 Å². The van der Waals surface area contributed by atoms with E-state index in [1.165, 1.54) is 6.07 Å². The van der Waals surface area contributed by atoms with E-state index in [9.17, 15) is 9.18 Å². The van der Waals surface area contributed by atoms with Crippen LogP contribution in [0.2, 0.25) is 10.0 Å². The normalized spacial score (nSPS) is 10.6. The van der Waals surface area contributed by atoms with Crippen molar-refractivity contribution >= 4 is 40.9 Å². The highest BCUT2D eigenvalue weighted by atomic mass is 35.5. The summed E-state index contributed by atoms with van der Waals surface area (Å²) >= 11 is 13.6. The highest BCUT2D eigenvalue weighted by molar-refractivity contribution is 7.98. The smallest absolute Gasteiger partial charge is 0.224 e. The number of rotatable bonds is 7. The van der Waals surface area contributed by atoms with E-state index in [0.717, 1.165) is 17.1 Å². The molecule has 0 aliphatic carbocycles. The molecule has 0 aliphatic heterocycles. The average Bonchev–Trinajstić information content (AvgIpc) is 2.51. The molecule has 0 aliphatic rings. The Morgan fingerprint density at radius 1 is 1.13 bits per heavy atom. The van der Waals surface area contributed by atoms with Crippen molar-refractivity contribution in [2.45, 2.75) is 12.2 Å². The summed E-state index contributed by atoms with van der Waals surface area (Å²) in [6.07, 6.45) is 0.0559. The predicted molar refractivity (Wildman–Crippen MR) is 95.7 cm³/mol. The molecule has 2 aromatic rings. The van der Waals surface area contributed by atoms with Crippen molar-refractivity contribution in [3.05, 3.63) is 69.5 Å². The predicted octanol–water partition coefficient (Wildman–Crippen LogP) is 4.72. The first kappa shape index (κ1) is 18.1. The van der Waals surface area contributed by atoms with Crippen LogP contribution in [-0.4, -0.2) is 18.2 Å². The summed E-state index contributed by atoms with van der Waals surface area (Å²) in [5, 5.41) is 4.05. The molecule has 0 bridgehead atoms. The summed E-state index contributed by atoms with van der Waals surface area (Å²) in [7, 11) is 0. The number of nitrogens with one attached hydrogen (secondary N) is 1. The van der Waals surface area contributed by atoms with Gasteiger partial charge in [-0.15, -0.1) is 0 Å². The highest BCUT2D eigenvalue weighted by Gasteiger charge is 2.07. The zero-order chi connectivity index (χ0) is 16.7. The topological polar surface area (TPSA) is 29.1 Å². The molecule has 6 heteroatoms. The number of benzene rings is 2. The van der Waals surface area contributed by atoms with E-state index in [0.29, 0.717) is 22.2 Å². The fourth-order valence-corrected chi connectivity index (χ4v) is 3.38. The number of hydrogen-bond donors (Lipinski definition) is 1. The maximum absolute atomic E-state index is 13.4. The lowest BCUT2D eigenvalue weighted by Crippen LogP contribution is -2.27. The zero-order valence-corrected chi connectivity index (χ0v) is 14.6. The first-order valence-corrected chi connectivity index (χ1v) is 8.99. The fourth-order valence-electron chi connectivity index (χ4n) is 1.96. The monoisotopic (exact) mass is 371 g/mol. The molecule has 0 saturated heterocycles. The van der Waals surface area contributed by atoms with Crippen molar-refractivity contribution in [3.8, 4) is 0 Å². The number of carbonyl (C=O) groups is 1. The van der Waals surface area contributed by atoms with Gasteiger partial charge >= 0.3 is 0 Å². The first-order chi connectivity index (χ1) is 11.1. The molecule has 0 spiro atoms. The van der Waals surface area contributed by atoms with E-state index in [1.54, 1.807) is 42.1 Å². The minimum Gasteiger partial charge on any atom is -0.355 e. The van der Waals surface area contributed by atoms with Crippen LogP contribution in [0.3, 0.4) is 0 Å². The van der Waals surface area contributed by atoms with Crippen LogP contribution in [-0.2, 0) is 17.0 Å². The lowest BCUT2D eigenvalue weighted by molar-refractivity contribution is -0.120. The second-order valence-corrected chi connectivity index (χ2v) is 6.86. The van der Waals surface area contributed by atoms with Gasteiger partial charge in [-0.1, -0.05) is 47.5 Å². The van der Waals surface area contributed by atoms with Crippen molar-refractivity contribution in [2.24, 2.45) is 0 Å². The molecular weight excluding hydrogens is 356 g/mol. The highest BCUT2D eigenvalue weighted by Crippen LogP contribution is 2.24. The van der Waals surface area contributed by atoms with Gasteiger partial charge in [-0.2, -0.15) is 11.8 Å². The van der Waals surface area contributed by atoms with Gasteiger partial charge in [-0.05, 0) is 29.3 Å². The molecular formula is C17H16Cl2FNOS. The molecule has 0 atom stereocenters. The molecule has 2 nitrogen and oxygen atoms in total. The van der Waals surface area contributed by atoms with Gasteiger partial charge in [0.2, 0.25) is 5.91 Å². The molecule has 0 fully saturated rings. The SMILES string of the molecule is O=C(Cc1ccccc1F)NCCSCc1ccc(Cl)cc1Cl. The lowest BCUT2D eigenvalue weighted by Gasteiger charge is -2.07.